The third kappa shape index (κ3) is 6.08. The molecule has 5 nitrogen and oxygen atoms in total. The van der Waals surface area contributed by atoms with Crippen LogP contribution in [0.4, 0.5) is 0 Å². The Bertz CT molecular complexity index is 361. The van der Waals surface area contributed by atoms with Gasteiger partial charge in [0.2, 0.25) is 10.0 Å². The Morgan fingerprint density at radius 2 is 1.80 bits per heavy atom. The van der Waals surface area contributed by atoms with Crippen LogP contribution in [0.3, 0.4) is 0 Å². The highest BCUT2D eigenvalue weighted by Crippen LogP contribution is 2.20. The van der Waals surface area contributed by atoms with E-state index in [0.29, 0.717) is 25.2 Å². The second-order valence-corrected chi connectivity index (χ2v) is 7.90. The summed E-state index contributed by atoms with van der Waals surface area (Å²) in [6.45, 7) is 2.95. The fourth-order valence-corrected chi connectivity index (χ4v) is 4.22. The summed E-state index contributed by atoms with van der Waals surface area (Å²) >= 11 is 0. The largest absolute Gasteiger partial charge is 0.377 e. The average Bonchev–Trinajstić information content (AvgIpc) is 2.96. The molecule has 0 aromatic rings. The van der Waals surface area contributed by atoms with Gasteiger partial charge in [-0.1, -0.05) is 12.8 Å². The molecule has 1 aliphatic heterocycles. The van der Waals surface area contributed by atoms with E-state index in [2.05, 4.69) is 10.0 Å². The van der Waals surface area contributed by atoms with Gasteiger partial charge in [0.15, 0.2) is 0 Å². The summed E-state index contributed by atoms with van der Waals surface area (Å²) in [6, 6.07) is 0. The Labute approximate surface area is 122 Å². The summed E-state index contributed by atoms with van der Waals surface area (Å²) in [7, 11) is -3.13. The quantitative estimate of drug-likeness (QED) is 0.662. The molecule has 0 atom stereocenters. The molecule has 0 unspecified atom stereocenters. The number of hydrogen-bond acceptors (Lipinski definition) is 4. The molecule has 0 amide bonds. The molecule has 6 heteroatoms. The van der Waals surface area contributed by atoms with Crippen LogP contribution < -0.4 is 10.0 Å². The van der Waals surface area contributed by atoms with E-state index in [1.807, 2.05) is 0 Å². The van der Waals surface area contributed by atoms with Crippen LogP contribution in [-0.2, 0) is 14.8 Å². The molecule has 0 radical (unpaired) electrons. The molecule has 2 N–H and O–H groups in total. The Morgan fingerprint density at radius 3 is 2.50 bits per heavy atom. The zero-order valence-corrected chi connectivity index (χ0v) is 13.1. The number of hydrogen-bond donors (Lipinski definition) is 2. The van der Waals surface area contributed by atoms with E-state index < -0.39 is 10.0 Å². The Morgan fingerprint density at radius 1 is 1.10 bits per heavy atom. The maximum Gasteiger partial charge on any atom is 0.211 e. The van der Waals surface area contributed by atoms with Gasteiger partial charge in [0.1, 0.15) is 0 Å². The van der Waals surface area contributed by atoms with Crippen molar-refractivity contribution in [3.63, 3.8) is 0 Å². The van der Waals surface area contributed by atoms with Crippen molar-refractivity contribution in [1.29, 1.82) is 0 Å². The van der Waals surface area contributed by atoms with E-state index in [0.717, 1.165) is 45.2 Å². The van der Waals surface area contributed by atoms with Crippen LogP contribution in [-0.4, -0.2) is 46.5 Å². The lowest BCUT2D eigenvalue weighted by molar-refractivity contribution is 0.0626. The zero-order chi connectivity index (χ0) is 14.3. The van der Waals surface area contributed by atoms with Crippen molar-refractivity contribution in [2.45, 2.75) is 51.0 Å². The van der Waals surface area contributed by atoms with E-state index >= 15 is 0 Å². The van der Waals surface area contributed by atoms with Gasteiger partial charge in [-0.3, -0.25) is 0 Å². The van der Waals surface area contributed by atoms with Crippen molar-refractivity contribution in [1.82, 2.24) is 10.0 Å². The summed E-state index contributed by atoms with van der Waals surface area (Å²) in [5.41, 5.74) is 0. The molecule has 0 spiro atoms. The zero-order valence-electron chi connectivity index (χ0n) is 12.3. The summed E-state index contributed by atoms with van der Waals surface area (Å²) in [6.07, 6.45) is 8.07. The highest BCUT2D eigenvalue weighted by molar-refractivity contribution is 7.89. The van der Waals surface area contributed by atoms with Crippen LogP contribution >= 0.6 is 0 Å². The van der Waals surface area contributed by atoms with Crippen molar-refractivity contribution in [2.24, 2.45) is 5.92 Å². The number of ether oxygens (including phenoxy) is 1. The molecule has 20 heavy (non-hydrogen) atoms. The smallest absolute Gasteiger partial charge is 0.211 e. The first-order valence-corrected chi connectivity index (χ1v) is 9.60. The number of sulfonamides is 1. The minimum absolute atomic E-state index is 0.251. The van der Waals surface area contributed by atoms with Gasteiger partial charge in [0.05, 0.1) is 18.5 Å². The Kier molecular flexibility index (Phi) is 6.74. The molecule has 2 fully saturated rings. The molecule has 118 valence electrons. The molecule has 0 aromatic heterocycles. The van der Waals surface area contributed by atoms with Crippen LogP contribution in [0.5, 0.6) is 0 Å². The Balaban J connectivity index is 1.55. The first-order valence-electron chi connectivity index (χ1n) is 7.95. The van der Waals surface area contributed by atoms with Gasteiger partial charge in [0.25, 0.3) is 0 Å². The van der Waals surface area contributed by atoms with E-state index in [1.165, 1.54) is 12.8 Å². The average molecular weight is 304 g/mol. The van der Waals surface area contributed by atoms with E-state index in [4.69, 9.17) is 4.74 Å². The summed E-state index contributed by atoms with van der Waals surface area (Å²) in [4.78, 5) is 0. The SMILES string of the molecule is O=S(=O)(CCC1CCNCC1)NCCOC1CCCC1. The van der Waals surface area contributed by atoms with Gasteiger partial charge >= 0.3 is 0 Å². The molecule has 1 saturated carbocycles. The molecular formula is C14H28N2O3S. The Hall–Kier alpha value is -0.170. The van der Waals surface area contributed by atoms with Crippen LogP contribution in [0.15, 0.2) is 0 Å². The van der Waals surface area contributed by atoms with Gasteiger partial charge in [-0.25, -0.2) is 13.1 Å². The molecule has 1 heterocycles. The highest BCUT2D eigenvalue weighted by Gasteiger charge is 2.18. The second kappa shape index (κ2) is 8.32. The van der Waals surface area contributed by atoms with Gasteiger partial charge in [-0.15, -0.1) is 0 Å². The minimum Gasteiger partial charge on any atom is -0.377 e. The van der Waals surface area contributed by atoms with Crippen LogP contribution in [0.25, 0.3) is 0 Å². The number of piperidine rings is 1. The minimum atomic E-state index is -3.13. The van der Waals surface area contributed by atoms with Gasteiger partial charge < -0.3 is 10.1 Å². The lowest BCUT2D eigenvalue weighted by atomic mass is 9.96. The summed E-state index contributed by atoms with van der Waals surface area (Å²) in [5, 5.41) is 3.30. The highest BCUT2D eigenvalue weighted by atomic mass is 32.2. The van der Waals surface area contributed by atoms with Crippen molar-refractivity contribution >= 4 is 10.0 Å². The number of nitrogens with one attached hydrogen (secondary N) is 2. The number of rotatable bonds is 8. The molecule has 0 bridgehead atoms. The fraction of sp³-hybridized carbons (Fsp3) is 1.00. The summed E-state index contributed by atoms with van der Waals surface area (Å²) in [5.74, 6) is 0.809. The first kappa shape index (κ1) is 16.2. The fourth-order valence-electron chi connectivity index (χ4n) is 3.04. The molecule has 0 aromatic carbocycles. The molecule has 2 rings (SSSR count). The van der Waals surface area contributed by atoms with Crippen molar-refractivity contribution in [2.75, 3.05) is 32.0 Å². The van der Waals surface area contributed by atoms with Crippen LogP contribution in [0, 0.1) is 5.92 Å². The van der Waals surface area contributed by atoms with E-state index in [-0.39, 0.29) is 5.75 Å². The molecule has 1 aliphatic carbocycles. The third-order valence-electron chi connectivity index (χ3n) is 4.33. The standard InChI is InChI=1S/C14H28N2O3S/c17-20(18,12-7-13-5-8-15-9-6-13)16-10-11-19-14-3-1-2-4-14/h13-16H,1-12H2. The lowest BCUT2D eigenvalue weighted by Gasteiger charge is -2.22. The third-order valence-corrected chi connectivity index (χ3v) is 5.75. The van der Waals surface area contributed by atoms with E-state index in [9.17, 15) is 8.42 Å². The van der Waals surface area contributed by atoms with Gasteiger partial charge in [-0.2, -0.15) is 0 Å². The maximum absolute atomic E-state index is 11.9. The monoisotopic (exact) mass is 304 g/mol. The summed E-state index contributed by atoms with van der Waals surface area (Å²) < 4.78 is 32.1. The normalized spacial score (nSPS) is 22.4. The maximum atomic E-state index is 11.9. The van der Waals surface area contributed by atoms with Crippen molar-refractivity contribution in [3.05, 3.63) is 0 Å². The predicted octanol–water partition coefficient (Wildman–Crippen LogP) is 1.25. The lowest BCUT2D eigenvalue weighted by Crippen LogP contribution is -2.33. The first-order chi connectivity index (χ1) is 9.66. The topological polar surface area (TPSA) is 67.4 Å². The molecule has 1 saturated heterocycles. The van der Waals surface area contributed by atoms with Gasteiger partial charge in [-0.05, 0) is 51.1 Å². The predicted molar refractivity (Wildman–Crippen MR) is 80.2 cm³/mol. The van der Waals surface area contributed by atoms with Crippen molar-refractivity contribution < 1.29 is 13.2 Å². The van der Waals surface area contributed by atoms with Gasteiger partial charge in [0, 0.05) is 6.54 Å². The van der Waals surface area contributed by atoms with Crippen molar-refractivity contribution in [3.8, 4) is 0 Å². The molecular weight excluding hydrogens is 276 g/mol. The molecule has 2 aliphatic rings. The van der Waals surface area contributed by atoms with Crippen LogP contribution in [0.2, 0.25) is 0 Å². The second-order valence-electron chi connectivity index (χ2n) is 5.97. The van der Waals surface area contributed by atoms with Crippen LogP contribution in [0.1, 0.15) is 44.9 Å². The van der Waals surface area contributed by atoms with E-state index in [1.54, 1.807) is 0 Å².